The molecule has 1 heterocycles. The van der Waals surface area contributed by atoms with E-state index in [0.29, 0.717) is 24.3 Å². The van der Waals surface area contributed by atoms with Gasteiger partial charge >= 0.3 is 6.03 Å². The van der Waals surface area contributed by atoms with Crippen LogP contribution in [0.5, 0.6) is 5.75 Å². The first kappa shape index (κ1) is 17.7. The number of ether oxygens (including phenoxy) is 1. The second-order valence-electron chi connectivity index (χ2n) is 4.90. The van der Waals surface area contributed by atoms with Gasteiger partial charge in [0.25, 0.3) is 5.91 Å². The molecule has 24 heavy (non-hydrogen) atoms. The standard InChI is InChI=1S/C17H18N2O4S/c1-2-15(20)12-5-7-13(8-6-12)23-11-16(21)19-17(22)18-10-14-4-3-9-24-14/h3-9H,2,10-11H2,1H3,(H2,18,19,21,22). The number of carbonyl (C=O) groups excluding carboxylic acids is 3. The summed E-state index contributed by atoms with van der Waals surface area (Å²) in [7, 11) is 0. The number of amides is 3. The van der Waals surface area contributed by atoms with Crippen LogP contribution in [0.2, 0.25) is 0 Å². The highest BCUT2D eigenvalue weighted by atomic mass is 32.1. The van der Waals surface area contributed by atoms with Crippen molar-refractivity contribution in [3.05, 3.63) is 52.2 Å². The van der Waals surface area contributed by atoms with Gasteiger partial charge in [-0.15, -0.1) is 11.3 Å². The Morgan fingerprint density at radius 2 is 1.88 bits per heavy atom. The number of imide groups is 1. The third kappa shape index (κ3) is 5.51. The van der Waals surface area contributed by atoms with Crippen molar-refractivity contribution in [2.75, 3.05) is 6.61 Å². The van der Waals surface area contributed by atoms with Crippen LogP contribution in [0, 0.1) is 0 Å². The van der Waals surface area contributed by atoms with E-state index in [1.165, 1.54) is 11.3 Å². The summed E-state index contributed by atoms with van der Waals surface area (Å²) in [6, 6.07) is 9.74. The second kappa shape index (κ2) is 8.83. The number of benzene rings is 1. The van der Waals surface area contributed by atoms with E-state index in [-0.39, 0.29) is 12.4 Å². The third-order valence-corrected chi connectivity index (χ3v) is 4.00. The number of Topliss-reactive ketones (excluding diaryl/α,β-unsaturated/α-hetero) is 1. The molecule has 1 aromatic heterocycles. The first-order valence-electron chi connectivity index (χ1n) is 7.44. The molecule has 0 unspecified atom stereocenters. The van der Waals surface area contributed by atoms with Crippen molar-refractivity contribution >= 4 is 29.1 Å². The van der Waals surface area contributed by atoms with Crippen molar-refractivity contribution < 1.29 is 19.1 Å². The summed E-state index contributed by atoms with van der Waals surface area (Å²) in [6.45, 7) is 1.87. The minimum atomic E-state index is -0.569. The highest BCUT2D eigenvalue weighted by Crippen LogP contribution is 2.13. The Labute approximate surface area is 143 Å². The summed E-state index contributed by atoms with van der Waals surface area (Å²) in [5, 5.41) is 6.68. The maximum absolute atomic E-state index is 11.7. The normalized spacial score (nSPS) is 10.0. The number of hydrogen-bond acceptors (Lipinski definition) is 5. The first-order valence-corrected chi connectivity index (χ1v) is 8.32. The molecule has 126 valence electrons. The Morgan fingerprint density at radius 1 is 1.12 bits per heavy atom. The lowest BCUT2D eigenvalue weighted by Gasteiger charge is -2.08. The zero-order valence-corrected chi connectivity index (χ0v) is 14.0. The highest BCUT2D eigenvalue weighted by molar-refractivity contribution is 7.09. The molecule has 0 bridgehead atoms. The smallest absolute Gasteiger partial charge is 0.321 e. The highest BCUT2D eigenvalue weighted by Gasteiger charge is 2.09. The molecule has 2 rings (SSSR count). The molecule has 1 aromatic carbocycles. The number of rotatable bonds is 7. The van der Waals surface area contributed by atoms with E-state index in [9.17, 15) is 14.4 Å². The van der Waals surface area contributed by atoms with Gasteiger partial charge in [-0.1, -0.05) is 13.0 Å². The third-order valence-electron chi connectivity index (χ3n) is 3.12. The maximum Gasteiger partial charge on any atom is 0.321 e. The average Bonchev–Trinajstić information content (AvgIpc) is 3.11. The zero-order valence-electron chi connectivity index (χ0n) is 13.2. The molecule has 0 spiro atoms. The van der Waals surface area contributed by atoms with Crippen LogP contribution in [-0.4, -0.2) is 24.3 Å². The molecule has 2 N–H and O–H groups in total. The van der Waals surface area contributed by atoms with Gasteiger partial charge in [0.1, 0.15) is 5.75 Å². The van der Waals surface area contributed by atoms with E-state index >= 15 is 0 Å². The molecular weight excluding hydrogens is 328 g/mol. The van der Waals surface area contributed by atoms with Gasteiger partial charge in [-0.25, -0.2) is 4.79 Å². The quantitative estimate of drug-likeness (QED) is 0.755. The number of hydrogen-bond donors (Lipinski definition) is 2. The molecule has 0 aliphatic rings. The Kier molecular flexibility index (Phi) is 6.51. The van der Waals surface area contributed by atoms with Crippen molar-refractivity contribution in [1.82, 2.24) is 10.6 Å². The van der Waals surface area contributed by atoms with Gasteiger partial charge in [0.05, 0.1) is 6.54 Å². The zero-order chi connectivity index (χ0) is 17.4. The fourth-order valence-electron chi connectivity index (χ4n) is 1.88. The predicted molar refractivity (Wildman–Crippen MR) is 91.3 cm³/mol. The molecule has 0 saturated carbocycles. The van der Waals surface area contributed by atoms with Crippen molar-refractivity contribution in [3.63, 3.8) is 0 Å². The van der Waals surface area contributed by atoms with Gasteiger partial charge in [0, 0.05) is 16.9 Å². The van der Waals surface area contributed by atoms with Crippen molar-refractivity contribution in [1.29, 1.82) is 0 Å². The van der Waals surface area contributed by atoms with Crippen LogP contribution in [0.15, 0.2) is 41.8 Å². The minimum Gasteiger partial charge on any atom is -0.484 e. The summed E-state index contributed by atoms with van der Waals surface area (Å²) >= 11 is 1.52. The van der Waals surface area contributed by atoms with Crippen LogP contribution in [-0.2, 0) is 11.3 Å². The lowest BCUT2D eigenvalue weighted by atomic mass is 10.1. The van der Waals surface area contributed by atoms with Crippen LogP contribution >= 0.6 is 11.3 Å². The number of ketones is 1. The Bertz CT molecular complexity index is 696. The van der Waals surface area contributed by atoms with Crippen LogP contribution in [0.3, 0.4) is 0 Å². The minimum absolute atomic E-state index is 0.0432. The van der Waals surface area contributed by atoms with Crippen molar-refractivity contribution in [2.45, 2.75) is 19.9 Å². The van der Waals surface area contributed by atoms with Crippen molar-refractivity contribution in [3.8, 4) is 5.75 Å². The topological polar surface area (TPSA) is 84.5 Å². The molecule has 6 nitrogen and oxygen atoms in total. The summed E-state index contributed by atoms with van der Waals surface area (Å²) in [6.07, 6.45) is 0.434. The summed E-state index contributed by atoms with van der Waals surface area (Å²) in [4.78, 5) is 35.7. The Balaban J connectivity index is 1.72. The monoisotopic (exact) mass is 346 g/mol. The van der Waals surface area contributed by atoms with E-state index < -0.39 is 11.9 Å². The number of nitrogens with one attached hydrogen (secondary N) is 2. The van der Waals surface area contributed by atoms with Gasteiger partial charge in [-0.2, -0.15) is 0 Å². The SMILES string of the molecule is CCC(=O)c1ccc(OCC(=O)NC(=O)NCc2cccs2)cc1. The number of carbonyl (C=O) groups is 3. The van der Waals surface area contributed by atoms with E-state index in [2.05, 4.69) is 10.6 Å². The van der Waals surface area contributed by atoms with Crippen LogP contribution < -0.4 is 15.4 Å². The summed E-state index contributed by atoms with van der Waals surface area (Å²) in [5.74, 6) is -0.0501. The molecular formula is C17H18N2O4S. The largest absolute Gasteiger partial charge is 0.484 e. The van der Waals surface area contributed by atoms with E-state index in [4.69, 9.17) is 4.74 Å². The van der Waals surface area contributed by atoms with Crippen LogP contribution in [0.4, 0.5) is 4.79 Å². The molecule has 0 aliphatic carbocycles. The Hall–Kier alpha value is -2.67. The van der Waals surface area contributed by atoms with Gasteiger partial charge in [-0.3, -0.25) is 14.9 Å². The van der Waals surface area contributed by atoms with Crippen LogP contribution in [0.1, 0.15) is 28.6 Å². The summed E-state index contributed by atoms with van der Waals surface area (Å²) < 4.78 is 5.29. The van der Waals surface area contributed by atoms with E-state index in [1.54, 1.807) is 31.2 Å². The van der Waals surface area contributed by atoms with Crippen molar-refractivity contribution in [2.24, 2.45) is 0 Å². The predicted octanol–water partition coefficient (Wildman–Crippen LogP) is 2.75. The molecule has 0 aliphatic heterocycles. The molecule has 7 heteroatoms. The Morgan fingerprint density at radius 3 is 2.50 bits per heavy atom. The van der Waals surface area contributed by atoms with Gasteiger partial charge < -0.3 is 10.1 Å². The van der Waals surface area contributed by atoms with Gasteiger partial charge in [0.2, 0.25) is 0 Å². The lowest BCUT2D eigenvalue weighted by molar-refractivity contribution is -0.122. The van der Waals surface area contributed by atoms with Gasteiger partial charge in [-0.05, 0) is 35.7 Å². The average molecular weight is 346 g/mol. The van der Waals surface area contributed by atoms with Gasteiger partial charge in [0.15, 0.2) is 12.4 Å². The van der Waals surface area contributed by atoms with Crippen LogP contribution in [0.25, 0.3) is 0 Å². The number of urea groups is 1. The van der Waals surface area contributed by atoms with E-state index in [0.717, 1.165) is 4.88 Å². The molecule has 0 saturated heterocycles. The second-order valence-corrected chi connectivity index (χ2v) is 5.93. The molecule has 3 amide bonds. The molecule has 2 aromatic rings. The number of thiophene rings is 1. The fourth-order valence-corrected chi connectivity index (χ4v) is 2.52. The van der Waals surface area contributed by atoms with E-state index in [1.807, 2.05) is 17.5 Å². The summed E-state index contributed by atoms with van der Waals surface area (Å²) in [5.41, 5.74) is 0.599. The first-order chi connectivity index (χ1) is 11.6. The molecule has 0 fully saturated rings. The maximum atomic E-state index is 11.7. The lowest BCUT2D eigenvalue weighted by Crippen LogP contribution is -2.41. The molecule has 0 radical (unpaired) electrons. The fraction of sp³-hybridized carbons (Fsp3) is 0.235. The molecule has 0 atom stereocenters.